The lowest BCUT2D eigenvalue weighted by molar-refractivity contribution is -0.107. The third-order valence-electron chi connectivity index (χ3n) is 2.65. The van der Waals surface area contributed by atoms with Crippen molar-refractivity contribution in [1.29, 1.82) is 0 Å². The van der Waals surface area contributed by atoms with Crippen molar-refractivity contribution >= 4 is 5.78 Å². The summed E-state index contributed by atoms with van der Waals surface area (Å²) in [6, 6.07) is 9.33. The minimum atomic E-state index is -0.925. The zero-order valence-electron chi connectivity index (χ0n) is 11.5. The standard InChI is InChI=1S/C14H17N3O3/c1-3-19-14(20-4-2)13(18)12-10-15-16-17(12)11-8-6-5-7-9-11/h5-10,14H,3-4H2,1-2H3. The number of ether oxygens (including phenoxy) is 2. The maximum Gasteiger partial charge on any atom is 0.238 e. The van der Waals surface area contributed by atoms with Crippen LogP contribution in [0.5, 0.6) is 0 Å². The number of hydrogen-bond donors (Lipinski definition) is 0. The summed E-state index contributed by atoms with van der Waals surface area (Å²) in [7, 11) is 0. The Balaban J connectivity index is 2.29. The smallest absolute Gasteiger partial charge is 0.238 e. The summed E-state index contributed by atoms with van der Waals surface area (Å²) in [6.45, 7) is 4.41. The number of ketones is 1. The van der Waals surface area contributed by atoms with Crippen LogP contribution in [0.15, 0.2) is 36.5 Å². The number of aromatic nitrogens is 3. The van der Waals surface area contributed by atoms with Crippen molar-refractivity contribution in [3.05, 3.63) is 42.2 Å². The van der Waals surface area contributed by atoms with Crippen LogP contribution >= 0.6 is 0 Å². The number of carbonyl (C=O) groups excluding carboxylic acids is 1. The largest absolute Gasteiger partial charge is 0.346 e. The molecule has 0 saturated carbocycles. The van der Waals surface area contributed by atoms with E-state index in [0.29, 0.717) is 18.9 Å². The lowest BCUT2D eigenvalue weighted by atomic mass is 10.2. The van der Waals surface area contributed by atoms with Crippen LogP contribution in [-0.4, -0.2) is 40.3 Å². The van der Waals surface area contributed by atoms with Gasteiger partial charge in [0.25, 0.3) is 0 Å². The van der Waals surface area contributed by atoms with Gasteiger partial charge in [-0.2, -0.15) is 0 Å². The van der Waals surface area contributed by atoms with E-state index in [1.54, 1.807) is 0 Å². The molecule has 0 spiro atoms. The third kappa shape index (κ3) is 3.09. The Kier molecular flexibility index (Phi) is 4.97. The van der Waals surface area contributed by atoms with Gasteiger partial charge in [-0.15, -0.1) is 5.10 Å². The molecule has 1 aromatic heterocycles. The molecule has 0 aliphatic rings. The maximum absolute atomic E-state index is 12.4. The van der Waals surface area contributed by atoms with Crippen molar-refractivity contribution in [2.24, 2.45) is 0 Å². The van der Waals surface area contributed by atoms with Crippen molar-refractivity contribution < 1.29 is 14.3 Å². The zero-order chi connectivity index (χ0) is 14.4. The number of benzene rings is 1. The van der Waals surface area contributed by atoms with Crippen LogP contribution in [-0.2, 0) is 9.47 Å². The predicted molar refractivity (Wildman–Crippen MR) is 72.7 cm³/mol. The van der Waals surface area contributed by atoms with Crippen LogP contribution in [0.25, 0.3) is 5.69 Å². The van der Waals surface area contributed by atoms with E-state index in [1.807, 2.05) is 44.2 Å². The summed E-state index contributed by atoms with van der Waals surface area (Å²) in [5.41, 5.74) is 1.10. The normalized spacial score (nSPS) is 10.9. The van der Waals surface area contributed by atoms with Crippen molar-refractivity contribution in [1.82, 2.24) is 15.0 Å². The highest BCUT2D eigenvalue weighted by molar-refractivity contribution is 5.97. The van der Waals surface area contributed by atoms with Gasteiger partial charge in [-0.05, 0) is 26.0 Å². The van der Waals surface area contributed by atoms with Gasteiger partial charge in [0, 0.05) is 13.2 Å². The minimum absolute atomic E-state index is 0.289. The second kappa shape index (κ2) is 6.93. The number of carbonyl (C=O) groups is 1. The Bertz CT molecular complexity index is 548. The lowest BCUT2D eigenvalue weighted by Gasteiger charge is -2.15. The van der Waals surface area contributed by atoms with Gasteiger partial charge in [-0.1, -0.05) is 23.4 Å². The second-order valence-corrected chi connectivity index (χ2v) is 3.97. The molecule has 20 heavy (non-hydrogen) atoms. The Morgan fingerprint density at radius 3 is 2.45 bits per heavy atom. The number of rotatable bonds is 7. The minimum Gasteiger partial charge on any atom is -0.346 e. The molecule has 106 valence electrons. The monoisotopic (exact) mass is 275 g/mol. The summed E-state index contributed by atoms with van der Waals surface area (Å²) < 4.78 is 12.1. The topological polar surface area (TPSA) is 66.2 Å². The van der Waals surface area contributed by atoms with Crippen molar-refractivity contribution in [3.63, 3.8) is 0 Å². The number of hydrogen-bond acceptors (Lipinski definition) is 5. The average Bonchev–Trinajstić information content (AvgIpc) is 2.96. The van der Waals surface area contributed by atoms with E-state index in [4.69, 9.17) is 9.47 Å². The summed E-state index contributed by atoms with van der Waals surface area (Å²) >= 11 is 0. The molecule has 0 aliphatic carbocycles. The second-order valence-electron chi connectivity index (χ2n) is 3.97. The maximum atomic E-state index is 12.4. The molecule has 6 heteroatoms. The van der Waals surface area contributed by atoms with Crippen molar-refractivity contribution in [2.45, 2.75) is 20.1 Å². The molecule has 0 unspecified atom stereocenters. The first-order valence-corrected chi connectivity index (χ1v) is 6.51. The van der Waals surface area contributed by atoms with E-state index in [9.17, 15) is 4.79 Å². The summed E-state index contributed by atoms with van der Waals surface area (Å²) in [6.07, 6.45) is 0.492. The molecule has 0 saturated heterocycles. The van der Waals surface area contributed by atoms with E-state index in [-0.39, 0.29) is 5.78 Å². The summed E-state index contributed by atoms with van der Waals surface area (Å²) in [5.74, 6) is -0.289. The number of Topliss-reactive ketones (excluding diaryl/α,β-unsaturated/α-hetero) is 1. The van der Waals surface area contributed by atoms with E-state index in [1.165, 1.54) is 10.9 Å². The molecule has 0 amide bonds. The Hall–Kier alpha value is -2.05. The highest BCUT2D eigenvalue weighted by atomic mass is 16.7. The van der Waals surface area contributed by atoms with Crippen molar-refractivity contribution in [3.8, 4) is 5.69 Å². The van der Waals surface area contributed by atoms with E-state index in [2.05, 4.69) is 10.3 Å². The molecule has 0 radical (unpaired) electrons. The van der Waals surface area contributed by atoms with Gasteiger partial charge < -0.3 is 9.47 Å². The van der Waals surface area contributed by atoms with Gasteiger partial charge >= 0.3 is 0 Å². The molecule has 0 aliphatic heterocycles. The molecule has 6 nitrogen and oxygen atoms in total. The SMILES string of the molecule is CCOC(OCC)C(=O)c1cnnn1-c1ccccc1. The molecule has 0 fully saturated rings. The fourth-order valence-corrected chi connectivity index (χ4v) is 1.79. The Labute approximate surface area is 117 Å². The molecule has 0 N–H and O–H groups in total. The fourth-order valence-electron chi connectivity index (χ4n) is 1.79. The summed E-state index contributed by atoms with van der Waals surface area (Å²) in [5, 5.41) is 7.75. The van der Waals surface area contributed by atoms with Crippen molar-refractivity contribution in [2.75, 3.05) is 13.2 Å². The first kappa shape index (κ1) is 14.4. The molecule has 2 rings (SSSR count). The highest BCUT2D eigenvalue weighted by Gasteiger charge is 2.25. The molecule has 2 aromatic rings. The van der Waals surface area contributed by atoms with Crippen LogP contribution in [0.2, 0.25) is 0 Å². The van der Waals surface area contributed by atoms with Gasteiger partial charge in [0.15, 0.2) is 0 Å². The molecule has 0 atom stereocenters. The quantitative estimate of drug-likeness (QED) is 0.570. The molecular weight excluding hydrogens is 258 g/mol. The third-order valence-corrected chi connectivity index (χ3v) is 2.65. The van der Waals surface area contributed by atoms with E-state index in [0.717, 1.165) is 5.69 Å². The molecule has 1 heterocycles. The average molecular weight is 275 g/mol. The van der Waals surface area contributed by atoms with Crippen LogP contribution < -0.4 is 0 Å². The first-order chi connectivity index (χ1) is 9.77. The van der Waals surface area contributed by atoms with Gasteiger partial charge in [0.05, 0.1) is 11.9 Å². The van der Waals surface area contributed by atoms with E-state index >= 15 is 0 Å². The summed E-state index contributed by atoms with van der Waals surface area (Å²) in [4.78, 5) is 12.4. The van der Waals surface area contributed by atoms with Crippen LogP contribution in [0, 0.1) is 0 Å². The van der Waals surface area contributed by atoms with Crippen LogP contribution in [0.1, 0.15) is 24.3 Å². The fraction of sp³-hybridized carbons (Fsp3) is 0.357. The van der Waals surface area contributed by atoms with Crippen LogP contribution in [0.3, 0.4) is 0 Å². The van der Waals surface area contributed by atoms with Crippen LogP contribution in [0.4, 0.5) is 0 Å². The molecule has 0 bridgehead atoms. The lowest BCUT2D eigenvalue weighted by Crippen LogP contribution is -2.29. The van der Waals surface area contributed by atoms with Gasteiger partial charge in [0.1, 0.15) is 5.69 Å². The Morgan fingerprint density at radius 2 is 1.85 bits per heavy atom. The first-order valence-electron chi connectivity index (χ1n) is 6.51. The van der Waals surface area contributed by atoms with Gasteiger partial charge in [-0.25, -0.2) is 4.68 Å². The highest BCUT2D eigenvalue weighted by Crippen LogP contribution is 2.12. The number of nitrogens with zero attached hydrogens (tertiary/aromatic N) is 3. The van der Waals surface area contributed by atoms with Gasteiger partial charge in [0.2, 0.25) is 12.1 Å². The van der Waals surface area contributed by atoms with Gasteiger partial charge in [-0.3, -0.25) is 4.79 Å². The number of para-hydroxylation sites is 1. The molecular formula is C14H17N3O3. The molecule has 1 aromatic carbocycles. The zero-order valence-corrected chi connectivity index (χ0v) is 11.5. The van der Waals surface area contributed by atoms with E-state index < -0.39 is 6.29 Å². The predicted octanol–water partition coefficient (Wildman–Crippen LogP) is 1.85. The Morgan fingerprint density at radius 1 is 1.20 bits per heavy atom.